The van der Waals surface area contributed by atoms with Gasteiger partial charge in [-0.3, -0.25) is 4.79 Å². The first kappa shape index (κ1) is 13.9. The minimum absolute atomic E-state index is 0.00262. The van der Waals surface area contributed by atoms with Gasteiger partial charge in [-0.25, -0.2) is 13.1 Å². The molecule has 9 heteroatoms. The Kier molecular flexibility index (Phi) is 3.59. The molecule has 0 bridgehead atoms. The van der Waals surface area contributed by atoms with Gasteiger partial charge in [-0.15, -0.1) is 5.10 Å². The molecule has 19 heavy (non-hydrogen) atoms. The van der Waals surface area contributed by atoms with Crippen LogP contribution in [0.4, 0.5) is 0 Å². The van der Waals surface area contributed by atoms with Crippen LogP contribution in [0, 0.1) is 0 Å². The molecule has 0 spiro atoms. The van der Waals surface area contributed by atoms with Crippen LogP contribution in [-0.2, 0) is 27.7 Å². The Balaban J connectivity index is 1.95. The van der Waals surface area contributed by atoms with Gasteiger partial charge >= 0.3 is 0 Å². The topological polar surface area (TPSA) is 120 Å². The Hall–Kier alpha value is -1.48. The third kappa shape index (κ3) is 3.51. The number of nitrogens with one attached hydrogen (secondary N) is 1. The molecule has 1 unspecified atom stereocenters. The molecule has 106 valence electrons. The van der Waals surface area contributed by atoms with E-state index in [1.54, 1.807) is 13.1 Å². The molecule has 2 rings (SSSR count). The molecule has 0 aliphatic carbocycles. The van der Waals surface area contributed by atoms with E-state index in [0.29, 0.717) is 12.1 Å². The van der Waals surface area contributed by atoms with Crippen molar-refractivity contribution in [2.24, 2.45) is 5.73 Å². The quantitative estimate of drug-likeness (QED) is 0.690. The molecule has 1 aliphatic heterocycles. The fourth-order valence-corrected chi connectivity index (χ4v) is 4.23. The van der Waals surface area contributed by atoms with Crippen molar-refractivity contribution in [1.29, 1.82) is 0 Å². The third-order valence-electron chi connectivity index (χ3n) is 3.05. The molecule has 1 fully saturated rings. The van der Waals surface area contributed by atoms with E-state index in [1.165, 1.54) is 4.68 Å². The number of amides is 1. The molecule has 3 N–H and O–H groups in total. The Morgan fingerprint density at radius 3 is 2.89 bits per heavy atom. The van der Waals surface area contributed by atoms with Crippen LogP contribution in [-0.4, -0.2) is 46.4 Å². The van der Waals surface area contributed by atoms with Crippen molar-refractivity contribution in [1.82, 2.24) is 20.3 Å². The highest BCUT2D eigenvalue weighted by atomic mass is 32.2. The van der Waals surface area contributed by atoms with Crippen molar-refractivity contribution >= 4 is 15.7 Å². The lowest BCUT2D eigenvalue weighted by atomic mass is 10.0. The summed E-state index contributed by atoms with van der Waals surface area (Å²) in [7, 11) is -3.04. The first-order chi connectivity index (χ1) is 8.82. The molecule has 1 aromatic heterocycles. The molecule has 2 heterocycles. The molecule has 1 aromatic rings. The Morgan fingerprint density at radius 1 is 1.63 bits per heavy atom. The van der Waals surface area contributed by atoms with Gasteiger partial charge in [0, 0.05) is 6.54 Å². The Bertz CT molecular complexity index is 582. The molecular weight excluding hydrogens is 270 g/mol. The fourth-order valence-electron chi connectivity index (χ4n) is 2.14. The van der Waals surface area contributed by atoms with Crippen molar-refractivity contribution < 1.29 is 13.2 Å². The maximum Gasteiger partial charge on any atom is 0.242 e. The van der Waals surface area contributed by atoms with E-state index in [2.05, 4.69) is 15.6 Å². The second kappa shape index (κ2) is 4.89. The van der Waals surface area contributed by atoms with E-state index >= 15 is 0 Å². The zero-order valence-corrected chi connectivity index (χ0v) is 11.5. The largest absolute Gasteiger partial charge is 0.348 e. The molecule has 8 nitrogen and oxygen atoms in total. The number of nitrogens with zero attached hydrogens (tertiary/aromatic N) is 3. The molecule has 0 saturated carbocycles. The standard InChI is InChI=1S/C10H17N5O3S/c1-10(2-3-19(17,18)7-10)12-9(16)6-15-5-8(4-11)13-14-15/h5H,2-4,6-7,11H2,1H3,(H,12,16). The first-order valence-electron chi connectivity index (χ1n) is 5.92. The molecule has 1 atom stereocenters. The monoisotopic (exact) mass is 287 g/mol. The van der Waals surface area contributed by atoms with Crippen molar-refractivity contribution in [3.8, 4) is 0 Å². The molecule has 1 amide bonds. The highest BCUT2D eigenvalue weighted by Gasteiger charge is 2.39. The van der Waals surface area contributed by atoms with Crippen LogP contribution in [0.3, 0.4) is 0 Å². The Morgan fingerprint density at radius 2 is 2.37 bits per heavy atom. The van der Waals surface area contributed by atoms with Crippen LogP contribution in [0.25, 0.3) is 0 Å². The maximum atomic E-state index is 11.9. The SMILES string of the molecule is CC1(NC(=O)Cn2cc(CN)nn2)CCS(=O)(=O)C1. The van der Waals surface area contributed by atoms with Gasteiger partial charge in [0.1, 0.15) is 6.54 Å². The zero-order chi connectivity index (χ0) is 14.1. The summed E-state index contributed by atoms with van der Waals surface area (Å²) in [6.07, 6.45) is 2.03. The van der Waals surface area contributed by atoms with E-state index < -0.39 is 15.4 Å². The highest BCUT2D eigenvalue weighted by molar-refractivity contribution is 7.91. The predicted octanol–water partition coefficient (Wildman–Crippen LogP) is -1.57. The van der Waals surface area contributed by atoms with Gasteiger partial charge in [-0.1, -0.05) is 5.21 Å². The number of nitrogens with two attached hydrogens (primary N) is 1. The number of hydrogen-bond donors (Lipinski definition) is 2. The van der Waals surface area contributed by atoms with Crippen LogP contribution < -0.4 is 11.1 Å². The molecule has 1 saturated heterocycles. The Labute approximate surface area is 111 Å². The summed E-state index contributed by atoms with van der Waals surface area (Å²) in [5.41, 5.74) is 5.31. The highest BCUT2D eigenvalue weighted by Crippen LogP contribution is 2.22. The number of aromatic nitrogens is 3. The summed E-state index contributed by atoms with van der Waals surface area (Å²) in [5.74, 6) is -0.185. The number of sulfone groups is 1. The lowest BCUT2D eigenvalue weighted by Crippen LogP contribution is -2.48. The van der Waals surface area contributed by atoms with E-state index in [9.17, 15) is 13.2 Å². The van der Waals surface area contributed by atoms with Gasteiger partial charge in [0.25, 0.3) is 0 Å². The van der Waals surface area contributed by atoms with Crippen LogP contribution in [0.15, 0.2) is 6.20 Å². The molecule has 0 aromatic carbocycles. The van der Waals surface area contributed by atoms with Crippen molar-refractivity contribution in [2.75, 3.05) is 11.5 Å². The minimum Gasteiger partial charge on any atom is -0.348 e. The predicted molar refractivity (Wildman–Crippen MR) is 67.7 cm³/mol. The summed E-state index contributed by atoms with van der Waals surface area (Å²) in [5, 5.41) is 10.3. The number of rotatable bonds is 4. The number of carbonyl (C=O) groups is 1. The van der Waals surface area contributed by atoms with Gasteiger partial charge in [0.05, 0.1) is 28.9 Å². The number of hydrogen-bond acceptors (Lipinski definition) is 6. The molecule has 1 aliphatic rings. The summed E-state index contributed by atoms with van der Waals surface area (Å²) >= 11 is 0. The summed E-state index contributed by atoms with van der Waals surface area (Å²) in [4.78, 5) is 11.9. The van der Waals surface area contributed by atoms with Crippen molar-refractivity contribution in [2.45, 2.75) is 32.0 Å². The van der Waals surface area contributed by atoms with Gasteiger partial charge in [-0.2, -0.15) is 0 Å². The summed E-state index contributed by atoms with van der Waals surface area (Å²) < 4.78 is 24.3. The molecule has 0 radical (unpaired) electrons. The fraction of sp³-hybridized carbons (Fsp3) is 0.700. The van der Waals surface area contributed by atoms with E-state index in [1.807, 2.05) is 0 Å². The van der Waals surface area contributed by atoms with Crippen molar-refractivity contribution in [3.63, 3.8) is 0 Å². The van der Waals surface area contributed by atoms with Crippen LogP contribution >= 0.6 is 0 Å². The maximum absolute atomic E-state index is 11.9. The smallest absolute Gasteiger partial charge is 0.242 e. The summed E-state index contributed by atoms with van der Waals surface area (Å²) in [6, 6.07) is 0. The lowest BCUT2D eigenvalue weighted by Gasteiger charge is -2.23. The first-order valence-corrected chi connectivity index (χ1v) is 7.75. The normalized spacial score (nSPS) is 25.4. The number of carbonyl (C=O) groups excluding carboxylic acids is 1. The second-order valence-corrected chi connectivity index (χ2v) is 7.25. The lowest BCUT2D eigenvalue weighted by molar-refractivity contribution is -0.123. The van der Waals surface area contributed by atoms with Gasteiger partial charge in [0.15, 0.2) is 9.84 Å². The summed E-state index contributed by atoms with van der Waals surface area (Å²) in [6.45, 7) is 2.00. The van der Waals surface area contributed by atoms with Crippen LogP contribution in [0.2, 0.25) is 0 Å². The zero-order valence-electron chi connectivity index (χ0n) is 10.7. The van der Waals surface area contributed by atoms with E-state index in [4.69, 9.17) is 5.73 Å². The van der Waals surface area contributed by atoms with E-state index in [0.717, 1.165) is 0 Å². The third-order valence-corrected chi connectivity index (χ3v) is 4.95. The average molecular weight is 287 g/mol. The van der Waals surface area contributed by atoms with Crippen LogP contribution in [0.5, 0.6) is 0 Å². The molecular formula is C10H17N5O3S. The van der Waals surface area contributed by atoms with Crippen LogP contribution in [0.1, 0.15) is 19.0 Å². The van der Waals surface area contributed by atoms with Gasteiger partial charge in [0.2, 0.25) is 5.91 Å². The van der Waals surface area contributed by atoms with Gasteiger partial charge < -0.3 is 11.1 Å². The second-order valence-electron chi connectivity index (χ2n) is 5.06. The minimum atomic E-state index is -3.04. The average Bonchev–Trinajstić information content (AvgIpc) is 2.83. The van der Waals surface area contributed by atoms with Gasteiger partial charge in [-0.05, 0) is 13.3 Å². The van der Waals surface area contributed by atoms with E-state index in [-0.39, 0.29) is 30.5 Å². The van der Waals surface area contributed by atoms with Crippen molar-refractivity contribution in [3.05, 3.63) is 11.9 Å².